The molecule has 1 unspecified atom stereocenters. The van der Waals surface area contributed by atoms with Gasteiger partial charge in [-0.3, -0.25) is 4.79 Å². The van der Waals surface area contributed by atoms with Crippen LogP contribution in [0.1, 0.15) is 22.8 Å². The molecule has 74 valence electrons. The Labute approximate surface area is 92.0 Å². The summed E-state index contributed by atoms with van der Waals surface area (Å²) in [6.45, 7) is 2.07. The number of fused-ring (bicyclic) bond motifs is 1. The van der Waals surface area contributed by atoms with Crippen LogP contribution in [0, 0.1) is 0 Å². The maximum Gasteiger partial charge on any atom is 0.254 e. The zero-order chi connectivity index (χ0) is 10.3. The van der Waals surface area contributed by atoms with Gasteiger partial charge in [0.2, 0.25) is 0 Å². The van der Waals surface area contributed by atoms with Gasteiger partial charge in [0.1, 0.15) is 0 Å². The molecule has 1 atom stereocenters. The van der Waals surface area contributed by atoms with Gasteiger partial charge >= 0.3 is 0 Å². The highest BCUT2D eigenvalue weighted by Gasteiger charge is 2.26. The molecule has 0 saturated heterocycles. The first-order chi connectivity index (χ1) is 6.59. The van der Waals surface area contributed by atoms with Gasteiger partial charge in [0.25, 0.3) is 5.91 Å². The first kappa shape index (κ1) is 9.71. The van der Waals surface area contributed by atoms with Crippen LogP contribution in [0.2, 0.25) is 0 Å². The Hall–Kier alpha value is -0.830. The summed E-state index contributed by atoms with van der Waals surface area (Å²) in [4.78, 5) is 13.7. The molecule has 1 aromatic carbocycles. The van der Waals surface area contributed by atoms with E-state index < -0.39 is 0 Å². The third kappa shape index (κ3) is 1.46. The first-order valence-electron chi connectivity index (χ1n) is 4.65. The quantitative estimate of drug-likeness (QED) is 0.696. The first-order valence-corrected chi connectivity index (χ1v) is 5.44. The standard InChI is InChI=1S/C11H12BrNO/c1-7-5-8-6-9(12)3-4-10(8)11(14)13(7)2/h3-4,6-7H,5H2,1-2H3. The summed E-state index contributed by atoms with van der Waals surface area (Å²) in [5, 5.41) is 0. The van der Waals surface area contributed by atoms with E-state index in [9.17, 15) is 4.79 Å². The summed E-state index contributed by atoms with van der Waals surface area (Å²) in [5.41, 5.74) is 1.99. The Morgan fingerprint density at radius 1 is 1.50 bits per heavy atom. The lowest BCUT2D eigenvalue weighted by Gasteiger charge is -2.31. The molecule has 1 aliphatic heterocycles. The molecule has 0 saturated carbocycles. The lowest BCUT2D eigenvalue weighted by molar-refractivity contribution is 0.0721. The van der Waals surface area contributed by atoms with E-state index in [1.807, 2.05) is 25.2 Å². The monoisotopic (exact) mass is 253 g/mol. The summed E-state index contributed by atoms with van der Waals surface area (Å²) >= 11 is 3.42. The molecule has 0 radical (unpaired) electrons. The Balaban J connectivity index is 2.51. The molecule has 14 heavy (non-hydrogen) atoms. The number of carbonyl (C=O) groups is 1. The number of benzene rings is 1. The molecule has 2 nitrogen and oxygen atoms in total. The van der Waals surface area contributed by atoms with Crippen LogP contribution in [0.3, 0.4) is 0 Å². The third-order valence-electron chi connectivity index (χ3n) is 2.79. The molecular weight excluding hydrogens is 242 g/mol. The lowest BCUT2D eigenvalue weighted by Crippen LogP contribution is -2.41. The summed E-state index contributed by atoms with van der Waals surface area (Å²) in [6, 6.07) is 6.14. The van der Waals surface area contributed by atoms with Gasteiger partial charge in [0, 0.05) is 23.1 Å². The van der Waals surface area contributed by atoms with Crippen molar-refractivity contribution in [3.8, 4) is 0 Å². The van der Waals surface area contributed by atoms with Gasteiger partial charge in [0.15, 0.2) is 0 Å². The minimum atomic E-state index is 0.131. The van der Waals surface area contributed by atoms with Crippen LogP contribution >= 0.6 is 15.9 Å². The SMILES string of the molecule is CC1Cc2cc(Br)ccc2C(=O)N1C. The molecule has 1 aromatic rings. The Morgan fingerprint density at radius 3 is 2.93 bits per heavy atom. The summed E-state index contributed by atoms with van der Waals surface area (Å²) in [5.74, 6) is 0.131. The van der Waals surface area contributed by atoms with Crippen molar-refractivity contribution < 1.29 is 4.79 Å². The minimum Gasteiger partial charge on any atom is -0.339 e. The second kappa shape index (κ2) is 3.39. The molecule has 0 bridgehead atoms. The van der Waals surface area contributed by atoms with Gasteiger partial charge in [0.05, 0.1) is 0 Å². The lowest BCUT2D eigenvalue weighted by atomic mass is 9.95. The molecule has 2 rings (SSSR count). The fourth-order valence-corrected chi connectivity index (χ4v) is 2.19. The van der Waals surface area contributed by atoms with Crippen molar-refractivity contribution >= 4 is 21.8 Å². The molecule has 1 heterocycles. The minimum absolute atomic E-state index is 0.131. The van der Waals surface area contributed by atoms with E-state index in [0.29, 0.717) is 6.04 Å². The highest BCUT2D eigenvalue weighted by Crippen LogP contribution is 2.24. The summed E-state index contributed by atoms with van der Waals surface area (Å²) in [6.07, 6.45) is 0.941. The van der Waals surface area contributed by atoms with Crippen molar-refractivity contribution in [3.05, 3.63) is 33.8 Å². The van der Waals surface area contributed by atoms with E-state index in [1.165, 1.54) is 0 Å². The van der Waals surface area contributed by atoms with Crippen LogP contribution in [0.4, 0.5) is 0 Å². The van der Waals surface area contributed by atoms with Crippen LogP contribution < -0.4 is 0 Å². The van der Waals surface area contributed by atoms with E-state index in [1.54, 1.807) is 4.90 Å². The third-order valence-corrected chi connectivity index (χ3v) is 3.29. The van der Waals surface area contributed by atoms with Crippen LogP contribution in [-0.2, 0) is 6.42 Å². The van der Waals surface area contributed by atoms with Crippen LogP contribution in [0.25, 0.3) is 0 Å². The zero-order valence-corrected chi connectivity index (χ0v) is 9.84. The maximum atomic E-state index is 11.8. The van der Waals surface area contributed by atoms with E-state index in [4.69, 9.17) is 0 Å². The second-order valence-corrected chi connectivity index (χ2v) is 4.69. The van der Waals surface area contributed by atoms with Crippen molar-refractivity contribution in [2.75, 3.05) is 7.05 Å². The zero-order valence-electron chi connectivity index (χ0n) is 8.25. The topological polar surface area (TPSA) is 20.3 Å². The average Bonchev–Trinajstić information content (AvgIpc) is 2.14. The fraction of sp³-hybridized carbons (Fsp3) is 0.364. The van der Waals surface area contributed by atoms with E-state index >= 15 is 0 Å². The molecule has 0 aromatic heterocycles. The van der Waals surface area contributed by atoms with Gasteiger partial charge in [-0.1, -0.05) is 15.9 Å². The summed E-state index contributed by atoms with van der Waals surface area (Å²) in [7, 11) is 1.86. The van der Waals surface area contributed by atoms with Crippen molar-refractivity contribution in [1.82, 2.24) is 4.90 Å². The van der Waals surface area contributed by atoms with Crippen LogP contribution in [0.5, 0.6) is 0 Å². The predicted molar refractivity (Wildman–Crippen MR) is 59.4 cm³/mol. The second-order valence-electron chi connectivity index (χ2n) is 3.77. The molecule has 0 aliphatic carbocycles. The fourth-order valence-electron chi connectivity index (χ4n) is 1.79. The largest absolute Gasteiger partial charge is 0.339 e. The van der Waals surface area contributed by atoms with Gasteiger partial charge < -0.3 is 4.90 Å². The Bertz CT molecular complexity index is 389. The smallest absolute Gasteiger partial charge is 0.254 e. The highest BCUT2D eigenvalue weighted by molar-refractivity contribution is 9.10. The van der Waals surface area contributed by atoms with E-state index in [-0.39, 0.29) is 5.91 Å². The predicted octanol–water partition coefficient (Wildman–Crippen LogP) is 2.47. The van der Waals surface area contributed by atoms with Crippen molar-refractivity contribution in [2.24, 2.45) is 0 Å². The number of carbonyl (C=O) groups excluding carboxylic acids is 1. The molecule has 1 amide bonds. The van der Waals surface area contributed by atoms with Crippen LogP contribution in [0.15, 0.2) is 22.7 Å². The van der Waals surface area contributed by atoms with Crippen LogP contribution in [-0.4, -0.2) is 23.9 Å². The molecule has 0 N–H and O–H groups in total. The number of nitrogens with zero attached hydrogens (tertiary/aromatic N) is 1. The number of hydrogen-bond donors (Lipinski definition) is 0. The van der Waals surface area contributed by atoms with E-state index in [0.717, 1.165) is 22.0 Å². The van der Waals surface area contributed by atoms with E-state index in [2.05, 4.69) is 22.9 Å². The number of rotatable bonds is 0. The van der Waals surface area contributed by atoms with Crippen molar-refractivity contribution in [3.63, 3.8) is 0 Å². The normalized spacial score (nSPS) is 20.9. The Morgan fingerprint density at radius 2 is 2.21 bits per heavy atom. The van der Waals surface area contributed by atoms with Gasteiger partial charge in [-0.15, -0.1) is 0 Å². The van der Waals surface area contributed by atoms with Gasteiger partial charge in [-0.2, -0.15) is 0 Å². The van der Waals surface area contributed by atoms with Crippen molar-refractivity contribution in [1.29, 1.82) is 0 Å². The molecule has 0 spiro atoms. The molecule has 3 heteroatoms. The summed E-state index contributed by atoms with van der Waals surface area (Å²) < 4.78 is 1.04. The van der Waals surface area contributed by atoms with Gasteiger partial charge in [-0.25, -0.2) is 0 Å². The maximum absolute atomic E-state index is 11.8. The number of likely N-dealkylation sites (N-methyl/N-ethyl adjacent to an activating group) is 1. The number of halogens is 1. The average molecular weight is 254 g/mol. The highest BCUT2D eigenvalue weighted by atomic mass is 79.9. The van der Waals surface area contributed by atoms with Gasteiger partial charge in [-0.05, 0) is 37.1 Å². The molecule has 1 aliphatic rings. The number of amides is 1. The molecular formula is C11H12BrNO. The Kier molecular flexibility index (Phi) is 2.35. The number of hydrogen-bond acceptors (Lipinski definition) is 1. The molecule has 0 fully saturated rings. The van der Waals surface area contributed by atoms with Crippen molar-refractivity contribution in [2.45, 2.75) is 19.4 Å².